The Morgan fingerprint density at radius 3 is 2.55 bits per heavy atom. The van der Waals surface area contributed by atoms with Gasteiger partial charge in [-0.05, 0) is 24.3 Å². The number of nitro benzene ring substituents is 1. The summed E-state index contributed by atoms with van der Waals surface area (Å²) in [5.74, 6) is -0.851. The zero-order valence-corrected chi connectivity index (χ0v) is 12.6. The Kier molecular flexibility index (Phi) is 4.84. The van der Waals surface area contributed by atoms with Crippen molar-refractivity contribution in [2.24, 2.45) is 5.10 Å². The van der Waals surface area contributed by atoms with E-state index >= 15 is 0 Å². The van der Waals surface area contributed by atoms with Crippen molar-refractivity contribution in [3.8, 4) is 5.75 Å². The van der Waals surface area contributed by atoms with Gasteiger partial charge in [-0.15, -0.1) is 5.75 Å². The number of nitro groups is 1. The van der Waals surface area contributed by atoms with E-state index in [1.165, 1.54) is 0 Å². The molecule has 7 nitrogen and oxygen atoms in total. The van der Waals surface area contributed by atoms with E-state index in [0.717, 1.165) is 28.9 Å². The number of halogens is 1. The van der Waals surface area contributed by atoms with Crippen LogP contribution in [-0.4, -0.2) is 17.0 Å². The molecule has 0 atom stereocenters. The molecule has 0 fully saturated rings. The molecule has 112 valence electrons. The van der Waals surface area contributed by atoms with E-state index in [1.54, 1.807) is 24.3 Å². The summed E-state index contributed by atoms with van der Waals surface area (Å²) >= 11 is 3.25. The first-order chi connectivity index (χ1) is 10.5. The first kappa shape index (κ1) is 15.6. The van der Waals surface area contributed by atoms with Crippen molar-refractivity contribution in [3.05, 3.63) is 68.2 Å². The van der Waals surface area contributed by atoms with E-state index in [1.807, 2.05) is 0 Å². The van der Waals surface area contributed by atoms with Gasteiger partial charge in [0.1, 0.15) is 0 Å². The van der Waals surface area contributed by atoms with Crippen LogP contribution < -0.4 is 10.5 Å². The second-order valence-corrected chi connectivity index (χ2v) is 5.10. The molecular weight excluding hydrogens is 354 g/mol. The molecule has 0 radical (unpaired) electrons. The van der Waals surface area contributed by atoms with Crippen LogP contribution in [0, 0.1) is 10.1 Å². The third-order valence-corrected chi connectivity index (χ3v) is 3.20. The molecule has 8 heteroatoms. The van der Waals surface area contributed by atoms with Gasteiger partial charge in [0, 0.05) is 16.1 Å². The summed E-state index contributed by atoms with van der Waals surface area (Å²) in [4.78, 5) is 22.0. The fourth-order valence-corrected chi connectivity index (χ4v) is 1.89. The maximum Gasteiger partial charge on any atom is 0.278 e. The third-order valence-electron chi connectivity index (χ3n) is 2.67. The zero-order valence-electron chi connectivity index (χ0n) is 11.0. The number of carbonyl (C=O) groups excluding carboxylic acids is 1. The number of hydrogen-bond donors (Lipinski definition) is 1. The number of benzene rings is 2. The Balaban J connectivity index is 2.12. The van der Waals surface area contributed by atoms with Crippen LogP contribution in [-0.2, 0) is 0 Å². The zero-order chi connectivity index (χ0) is 16.1. The molecule has 2 aromatic carbocycles. The van der Waals surface area contributed by atoms with E-state index in [4.69, 9.17) is 0 Å². The molecule has 0 spiro atoms. The van der Waals surface area contributed by atoms with Gasteiger partial charge in [-0.1, -0.05) is 28.1 Å². The molecule has 0 aliphatic heterocycles. The van der Waals surface area contributed by atoms with E-state index in [2.05, 4.69) is 26.5 Å². The Hall–Kier alpha value is -2.74. The highest BCUT2D eigenvalue weighted by Gasteiger charge is 2.11. The number of amides is 1. The first-order valence-corrected chi connectivity index (χ1v) is 6.81. The van der Waals surface area contributed by atoms with Gasteiger partial charge in [0.15, 0.2) is 0 Å². The van der Waals surface area contributed by atoms with Crippen molar-refractivity contribution in [2.45, 2.75) is 0 Å². The number of nitrogens with zero attached hydrogens (tertiary/aromatic N) is 2. The first-order valence-electron chi connectivity index (χ1n) is 6.02. The Morgan fingerprint density at radius 1 is 1.23 bits per heavy atom. The molecule has 2 aromatic rings. The van der Waals surface area contributed by atoms with Crippen LogP contribution in [0.2, 0.25) is 0 Å². The molecule has 0 heterocycles. The van der Waals surface area contributed by atoms with Gasteiger partial charge in [0.25, 0.3) is 11.6 Å². The number of hydrogen-bond acceptors (Lipinski definition) is 5. The van der Waals surface area contributed by atoms with Gasteiger partial charge in [-0.25, -0.2) is 5.43 Å². The third kappa shape index (κ3) is 3.89. The van der Waals surface area contributed by atoms with Crippen molar-refractivity contribution in [1.29, 1.82) is 0 Å². The van der Waals surface area contributed by atoms with Crippen LogP contribution in [0.3, 0.4) is 0 Å². The molecule has 22 heavy (non-hydrogen) atoms. The molecule has 0 aliphatic carbocycles. The van der Waals surface area contributed by atoms with Crippen LogP contribution in [0.5, 0.6) is 5.75 Å². The summed E-state index contributed by atoms with van der Waals surface area (Å²) in [6.45, 7) is 0. The lowest BCUT2D eigenvalue weighted by molar-refractivity contribution is -0.385. The Labute approximate surface area is 133 Å². The number of rotatable bonds is 4. The normalized spacial score (nSPS) is 10.6. The van der Waals surface area contributed by atoms with Crippen molar-refractivity contribution < 1.29 is 14.8 Å². The summed E-state index contributed by atoms with van der Waals surface area (Å²) in [6.07, 6.45) is 1.07. The number of hydrazone groups is 1. The largest absolute Gasteiger partial charge is 0.872 e. The molecule has 2 rings (SSSR count). The predicted octanol–water partition coefficient (Wildman–Crippen LogP) is 2.19. The molecular formula is C14H9BrN3O4-. The van der Waals surface area contributed by atoms with Crippen LogP contribution in [0.15, 0.2) is 52.0 Å². The molecule has 1 N–H and O–H groups in total. The summed E-state index contributed by atoms with van der Waals surface area (Å²) in [5, 5.41) is 25.7. The SMILES string of the molecule is O=C(N/N=C/c1cc([O-])ccc1[N+](=O)[O-])c1ccc(Br)cc1. The summed E-state index contributed by atoms with van der Waals surface area (Å²) in [5.41, 5.74) is 2.38. The molecule has 0 unspecified atom stereocenters. The Morgan fingerprint density at radius 2 is 1.91 bits per heavy atom. The van der Waals surface area contributed by atoms with Gasteiger partial charge in [0.05, 0.1) is 16.7 Å². The highest BCUT2D eigenvalue weighted by molar-refractivity contribution is 9.10. The maximum atomic E-state index is 11.8. The summed E-state index contributed by atoms with van der Waals surface area (Å²) in [6, 6.07) is 9.85. The predicted molar refractivity (Wildman–Crippen MR) is 81.7 cm³/mol. The fraction of sp³-hybridized carbons (Fsp3) is 0. The molecule has 0 aliphatic rings. The van der Waals surface area contributed by atoms with Crippen molar-refractivity contribution >= 4 is 33.7 Å². The van der Waals surface area contributed by atoms with Crippen molar-refractivity contribution in [2.75, 3.05) is 0 Å². The summed E-state index contributed by atoms with van der Waals surface area (Å²) < 4.78 is 0.829. The van der Waals surface area contributed by atoms with E-state index < -0.39 is 10.8 Å². The van der Waals surface area contributed by atoms with E-state index in [9.17, 15) is 20.0 Å². The van der Waals surface area contributed by atoms with Crippen molar-refractivity contribution in [3.63, 3.8) is 0 Å². The standard InChI is InChI=1S/C14H10BrN3O4/c15-11-3-1-9(2-4-11)14(20)17-16-8-10-7-12(19)5-6-13(10)18(21)22/h1-8,19H,(H,17,20)/p-1/b16-8+. The minimum atomic E-state index is -0.628. The molecule has 1 amide bonds. The van der Waals surface area contributed by atoms with Crippen LogP contribution >= 0.6 is 15.9 Å². The molecule has 0 aromatic heterocycles. The minimum absolute atomic E-state index is 0.0219. The van der Waals surface area contributed by atoms with Gasteiger partial charge in [-0.2, -0.15) is 5.10 Å². The molecule has 0 saturated heterocycles. The van der Waals surface area contributed by atoms with Gasteiger partial charge in [0.2, 0.25) is 0 Å². The lowest BCUT2D eigenvalue weighted by atomic mass is 10.2. The highest BCUT2D eigenvalue weighted by Crippen LogP contribution is 2.20. The van der Waals surface area contributed by atoms with Crippen LogP contribution in [0.25, 0.3) is 0 Å². The van der Waals surface area contributed by atoms with Crippen molar-refractivity contribution in [1.82, 2.24) is 5.43 Å². The Bertz CT molecular complexity index is 744. The van der Waals surface area contributed by atoms with Gasteiger partial charge >= 0.3 is 0 Å². The quantitative estimate of drug-likeness (QED) is 0.510. The lowest BCUT2D eigenvalue weighted by Gasteiger charge is -2.05. The second kappa shape index (κ2) is 6.81. The average molecular weight is 363 g/mol. The monoisotopic (exact) mass is 362 g/mol. The number of nitrogens with one attached hydrogen (secondary N) is 1. The van der Waals surface area contributed by atoms with Crippen LogP contribution in [0.1, 0.15) is 15.9 Å². The lowest BCUT2D eigenvalue weighted by Crippen LogP contribution is -2.17. The maximum absolute atomic E-state index is 11.8. The topological polar surface area (TPSA) is 108 Å². The van der Waals surface area contributed by atoms with Gasteiger partial charge in [-0.3, -0.25) is 14.9 Å². The van der Waals surface area contributed by atoms with E-state index in [-0.39, 0.29) is 17.0 Å². The van der Waals surface area contributed by atoms with E-state index in [0.29, 0.717) is 5.56 Å². The minimum Gasteiger partial charge on any atom is -0.872 e. The second-order valence-electron chi connectivity index (χ2n) is 4.18. The summed E-state index contributed by atoms with van der Waals surface area (Å²) in [7, 11) is 0. The van der Waals surface area contributed by atoms with Gasteiger partial charge < -0.3 is 5.11 Å². The smallest absolute Gasteiger partial charge is 0.278 e. The average Bonchev–Trinajstić information content (AvgIpc) is 2.47. The molecule has 0 saturated carbocycles. The fourth-order valence-electron chi connectivity index (χ4n) is 1.63. The number of carbonyl (C=O) groups is 1. The van der Waals surface area contributed by atoms with Crippen LogP contribution in [0.4, 0.5) is 5.69 Å². The molecule has 0 bridgehead atoms. The highest BCUT2D eigenvalue weighted by atomic mass is 79.9.